The third kappa shape index (κ3) is 4.00. The van der Waals surface area contributed by atoms with Gasteiger partial charge in [-0.05, 0) is 49.1 Å². The minimum atomic E-state index is -0.125. The molecule has 0 unspecified atom stereocenters. The molecule has 1 aliphatic rings. The van der Waals surface area contributed by atoms with Gasteiger partial charge in [-0.3, -0.25) is 14.5 Å². The Morgan fingerprint density at radius 3 is 2.34 bits per heavy atom. The minimum absolute atomic E-state index is 0.0831. The monoisotopic (exact) mass is 436 g/mol. The number of hydrogen-bond donors (Lipinski definition) is 0. The highest BCUT2D eigenvalue weighted by molar-refractivity contribution is 5.96. The molecule has 8 nitrogen and oxygen atoms in total. The molecular formula is C24H28N4O4. The number of amides is 1. The van der Waals surface area contributed by atoms with Crippen LogP contribution in [0.25, 0.3) is 11.1 Å². The molecule has 4 rings (SSSR count). The lowest BCUT2D eigenvalue weighted by atomic mass is 9.94. The number of rotatable bonds is 6. The van der Waals surface area contributed by atoms with E-state index in [0.29, 0.717) is 29.4 Å². The summed E-state index contributed by atoms with van der Waals surface area (Å²) in [6, 6.07) is 7.22. The Morgan fingerprint density at radius 2 is 1.72 bits per heavy atom. The SMILES string of the molecule is COc1cc(C(=O)N2CCCC[C@@H]2c2nn(C)cc2-c2ccncc2)cc(OC)c1OC. The Bertz CT molecular complexity index is 1070. The van der Waals surface area contributed by atoms with Gasteiger partial charge in [0.05, 0.1) is 33.1 Å². The first-order chi connectivity index (χ1) is 15.6. The molecule has 168 valence electrons. The van der Waals surface area contributed by atoms with Gasteiger partial charge in [0.2, 0.25) is 5.75 Å². The van der Waals surface area contributed by atoms with Crippen LogP contribution in [-0.2, 0) is 7.05 Å². The molecule has 1 aliphatic heterocycles. The molecule has 1 aromatic carbocycles. The van der Waals surface area contributed by atoms with Crippen molar-refractivity contribution in [3.05, 3.63) is 54.1 Å². The van der Waals surface area contributed by atoms with E-state index < -0.39 is 0 Å². The summed E-state index contributed by atoms with van der Waals surface area (Å²) in [7, 11) is 6.54. The fourth-order valence-corrected chi connectivity index (χ4v) is 4.33. The molecular weight excluding hydrogens is 408 g/mol. The maximum Gasteiger partial charge on any atom is 0.254 e. The lowest BCUT2D eigenvalue weighted by Gasteiger charge is -2.35. The zero-order valence-corrected chi connectivity index (χ0v) is 18.9. The number of carbonyl (C=O) groups excluding carboxylic acids is 1. The number of pyridine rings is 1. The molecule has 0 spiro atoms. The third-order valence-corrected chi connectivity index (χ3v) is 5.84. The van der Waals surface area contributed by atoms with Crippen LogP contribution in [0.15, 0.2) is 42.9 Å². The summed E-state index contributed by atoms with van der Waals surface area (Å²) in [5, 5.41) is 4.76. The normalized spacial score (nSPS) is 16.0. The number of hydrogen-bond acceptors (Lipinski definition) is 6. The van der Waals surface area contributed by atoms with Crippen molar-refractivity contribution in [2.24, 2.45) is 7.05 Å². The van der Waals surface area contributed by atoms with Crippen LogP contribution >= 0.6 is 0 Å². The predicted octanol–water partition coefficient (Wildman–Crippen LogP) is 3.88. The van der Waals surface area contributed by atoms with E-state index in [2.05, 4.69) is 4.98 Å². The predicted molar refractivity (Wildman–Crippen MR) is 120 cm³/mol. The van der Waals surface area contributed by atoms with Crippen molar-refractivity contribution in [3.63, 3.8) is 0 Å². The number of piperidine rings is 1. The van der Waals surface area contributed by atoms with E-state index in [1.54, 1.807) is 45.9 Å². The van der Waals surface area contributed by atoms with Crippen LogP contribution in [0.1, 0.15) is 41.4 Å². The van der Waals surface area contributed by atoms with Crippen molar-refractivity contribution < 1.29 is 19.0 Å². The fourth-order valence-electron chi connectivity index (χ4n) is 4.33. The molecule has 1 fully saturated rings. The van der Waals surface area contributed by atoms with E-state index in [9.17, 15) is 4.79 Å². The third-order valence-electron chi connectivity index (χ3n) is 5.84. The smallest absolute Gasteiger partial charge is 0.254 e. The Balaban J connectivity index is 1.74. The number of ether oxygens (including phenoxy) is 3. The Morgan fingerprint density at radius 1 is 1.03 bits per heavy atom. The van der Waals surface area contributed by atoms with E-state index in [1.807, 2.05) is 35.0 Å². The molecule has 0 aliphatic carbocycles. The first-order valence-corrected chi connectivity index (χ1v) is 10.6. The van der Waals surface area contributed by atoms with E-state index in [0.717, 1.165) is 36.1 Å². The Hall–Kier alpha value is -3.55. The van der Waals surface area contributed by atoms with Crippen LogP contribution in [0, 0.1) is 0 Å². The molecule has 3 aromatic rings. The van der Waals surface area contributed by atoms with Crippen LogP contribution in [0.5, 0.6) is 17.2 Å². The average Bonchev–Trinajstić information content (AvgIpc) is 3.24. The largest absolute Gasteiger partial charge is 0.493 e. The molecule has 2 aromatic heterocycles. The molecule has 0 bridgehead atoms. The van der Waals surface area contributed by atoms with Gasteiger partial charge in [0.15, 0.2) is 11.5 Å². The Labute approximate surface area is 187 Å². The van der Waals surface area contributed by atoms with Gasteiger partial charge < -0.3 is 19.1 Å². The van der Waals surface area contributed by atoms with E-state index in [-0.39, 0.29) is 11.9 Å². The standard InChI is InChI=1S/C24H28N4O4/c1-27-15-18(16-8-10-25-11-9-16)22(26-27)19-7-5-6-12-28(19)24(29)17-13-20(30-2)23(32-4)21(14-17)31-3/h8-11,13-15,19H,5-7,12H2,1-4H3/t19-/m1/s1. The summed E-state index contributed by atoms with van der Waals surface area (Å²) in [6.07, 6.45) is 8.38. The van der Waals surface area contributed by atoms with Crippen LogP contribution in [0.4, 0.5) is 0 Å². The van der Waals surface area contributed by atoms with Gasteiger partial charge in [-0.25, -0.2) is 0 Å². The first kappa shape index (κ1) is 21.7. The van der Waals surface area contributed by atoms with Crippen molar-refractivity contribution >= 4 is 5.91 Å². The lowest BCUT2D eigenvalue weighted by molar-refractivity contribution is 0.0605. The summed E-state index contributed by atoms with van der Waals surface area (Å²) >= 11 is 0. The molecule has 0 radical (unpaired) electrons. The highest BCUT2D eigenvalue weighted by Gasteiger charge is 2.33. The number of likely N-dealkylation sites (tertiary alicyclic amines) is 1. The number of aryl methyl sites for hydroxylation is 1. The van der Waals surface area contributed by atoms with E-state index in [4.69, 9.17) is 19.3 Å². The molecule has 0 N–H and O–H groups in total. The summed E-state index contributed by atoms with van der Waals surface area (Å²) in [5.74, 6) is 1.30. The number of methoxy groups -OCH3 is 3. The van der Waals surface area contributed by atoms with Crippen LogP contribution in [-0.4, -0.2) is 53.4 Å². The maximum absolute atomic E-state index is 13.7. The number of carbonyl (C=O) groups is 1. The quantitative estimate of drug-likeness (QED) is 0.584. The highest BCUT2D eigenvalue weighted by Crippen LogP contribution is 2.41. The maximum atomic E-state index is 13.7. The zero-order chi connectivity index (χ0) is 22.7. The molecule has 1 saturated heterocycles. The number of nitrogens with zero attached hydrogens (tertiary/aromatic N) is 4. The van der Waals surface area contributed by atoms with Gasteiger partial charge >= 0.3 is 0 Å². The van der Waals surface area contributed by atoms with Gasteiger partial charge in [-0.2, -0.15) is 5.10 Å². The van der Waals surface area contributed by atoms with Gasteiger partial charge in [0, 0.05) is 43.3 Å². The molecule has 1 atom stereocenters. The molecule has 3 heterocycles. The zero-order valence-electron chi connectivity index (χ0n) is 18.9. The summed E-state index contributed by atoms with van der Waals surface area (Å²) in [4.78, 5) is 19.7. The van der Waals surface area contributed by atoms with Gasteiger partial charge in [-0.15, -0.1) is 0 Å². The fraction of sp³-hybridized carbons (Fsp3) is 0.375. The second-order valence-electron chi connectivity index (χ2n) is 7.76. The first-order valence-electron chi connectivity index (χ1n) is 10.6. The molecule has 32 heavy (non-hydrogen) atoms. The minimum Gasteiger partial charge on any atom is -0.493 e. The van der Waals surface area contributed by atoms with Crippen molar-refractivity contribution in [1.82, 2.24) is 19.7 Å². The van der Waals surface area contributed by atoms with E-state index >= 15 is 0 Å². The Kier molecular flexibility index (Phi) is 6.30. The topological polar surface area (TPSA) is 78.7 Å². The van der Waals surface area contributed by atoms with Gasteiger partial charge in [-0.1, -0.05) is 0 Å². The van der Waals surface area contributed by atoms with Crippen molar-refractivity contribution in [3.8, 4) is 28.4 Å². The average molecular weight is 437 g/mol. The molecule has 0 saturated carbocycles. The van der Waals surface area contributed by atoms with E-state index in [1.165, 1.54) is 0 Å². The molecule has 1 amide bonds. The summed E-state index contributed by atoms with van der Waals surface area (Å²) in [5.41, 5.74) is 3.45. The number of benzene rings is 1. The van der Waals surface area contributed by atoms with Crippen molar-refractivity contribution in [1.29, 1.82) is 0 Å². The summed E-state index contributed by atoms with van der Waals surface area (Å²) < 4.78 is 18.1. The van der Waals surface area contributed by atoms with Gasteiger partial charge in [0.1, 0.15) is 0 Å². The highest BCUT2D eigenvalue weighted by atomic mass is 16.5. The summed E-state index contributed by atoms with van der Waals surface area (Å²) in [6.45, 7) is 0.659. The lowest BCUT2D eigenvalue weighted by Crippen LogP contribution is -2.39. The van der Waals surface area contributed by atoms with Crippen LogP contribution in [0.3, 0.4) is 0 Å². The second kappa shape index (κ2) is 9.30. The second-order valence-corrected chi connectivity index (χ2v) is 7.76. The van der Waals surface area contributed by atoms with Crippen LogP contribution < -0.4 is 14.2 Å². The molecule has 8 heteroatoms. The van der Waals surface area contributed by atoms with Crippen molar-refractivity contribution in [2.45, 2.75) is 25.3 Å². The van der Waals surface area contributed by atoms with Gasteiger partial charge in [0.25, 0.3) is 5.91 Å². The van der Waals surface area contributed by atoms with Crippen LogP contribution in [0.2, 0.25) is 0 Å². The van der Waals surface area contributed by atoms with Crippen molar-refractivity contribution in [2.75, 3.05) is 27.9 Å². The number of aromatic nitrogens is 3.